The van der Waals surface area contributed by atoms with Crippen molar-refractivity contribution in [2.24, 2.45) is 0 Å². The molecule has 0 bridgehead atoms. The molecule has 8 nitrogen and oxygen atoms in total. The van der Waals surface area contributed by atoms with Crippen LogP contribution in [0.25, 0.3) is 0 Å². The molecule has 4 rings (SSSR count). The predicted octanol–water partition coefficient (Wildman–Crippen LogP) is 5.08. The fraction of sp³-hybridized carbons (Fsp3) is 0.353. The quantitative estimate of drug-likeness (QED) is 0.185. The molecule has 226 valence electrons. The first-order valence-corrected chi connectivity index (χ1v) is 15.4. The van der Waals surface area contributed by atoms with Crippen molar-refractivity contribution in [3.05, 3.63) is 117 Å². The number of nitrogens with zero attached hydrogens (tertiary/aromatic N) is 3. The molecule has 0 aliphatic heterocycles. The highest BCUT2D eigenvalue weighted by Crippen LogP contribution is 2.26. The average molecular weight is 600 g/mol. The zero-order valence-corrected chi connectivity index (χ0v) is 26.3. The molecule has 2 amide bonds. The number of benzene rings is 2. The first-order valence-electron chi connectivity index (χ1n) is 14.5. The van der Waals surface area contributed by atoms with Crippen LogP contribution in [-0.4, -0.2) is 58.0 Å². The smallest absolute Gasteiger partial charge is 0.253 e. The van der Waals surface area contributed by atoms with Gasteiger partial charge in [-0.3, -0.25) is 14.6 Å². The van der Waals surface area contributed by atoms with Crippen LogP contribution in [0.5, 0.6) is 0 Å². The van der Waals surface area contributed by atoms with Gasteiger partial charge in [-0.05, 0) is 67.6 Å². The lowest BCUT2D eigenvalue weighted by molar-refractivity contribution is 0.0557. The molecule has 0 saturated carbocycles. The number of amides is 2. The van der Waals surface area contributed by atoms with E-state index < -0.39 is 11.6 Å². The number of hydrogen-bond acceptors (Lipinski definition) is 7. The molecule has 0 aliphatic rings. The van der Waals surface area contributed by atoms with Gasteiger partial charge < -0.3 is 20.6 Å². The van der Waals surface area contributed by atoms with Gasteiger partial charge in [0.2, 0.25) is 0 Å². The van der Waals surface area contributed by atoms with E-state index in [1.54, 1.807) is 36.2 Å². The van der Waals surface area contributed by atoms with Crippen molar-refractivity contribution < 1.29 is 14.7 Å². The second-order valence-electron chi connectivity index (χ2n) is 11.4. The Kier molecular flexibility index (Phi) is 10.8. The Morgan fingerprint density at radius 1 is 1.05 bits per heavy atom. The van der Waals surface area contributed by atoms with E-state index in [-0.39, 0.29) is 18.4 Å². The van der Waals surface area contributed by atoms with Gasteiger partial charge in [-0.2, -0.15) is 0 Å². The first-order chi connectivity index (χ1) is 20.6. The second-order valence-corrected chi connectivity index (χ2v) is 12.3. The minimum atomic E-state index is -1.09. The van der Waals surface area contributed by atoms with E-state index in [9.17, 15) is 14.7 Å². The molecule has 0 saturated heterocycles. The normalized spacial score (nSPS) is 13.4. The zero-order chi connectivity index (χ0) is 31.0. The predicted molar refractivity (Wildman–Crippen MR) is 171 cm³/mol. The maximum absolute atomic E-state index is 13.6. The van der Waals surface area contributed by atoms with Gasteiger partial charge in [0, 0.05) is 48.2 Å². The molecule has 3 N–H and O–H groups in total. The molecular formula is C34H41N5O3S. The third-order valence-corrected chi connectivity index (χ3v) is 8.53. The first kappa shape index (κ1) is 32.0. The molecule has 0 spiro atoms. The lowest BCUT2D eigenvalue weighted by Crippen LogP contribution is -2.55. The van der Waals surface area contributed by atoms with Gasteiger partial charge >= 0.3 is 0 Å². The molecule has 2 aromatic carbocycles. The number of aryl methyl sites for hydroxylation is 1. The van der Waals surface area contributed by atoms with Gasteiger partial charge in [0.05, 0.1) is 18.2 Å². The van der Waals surface area contributed by atoms with Gasteiger partial charge in [-0.15, -0.1) is 11.3 Å². The number of aliphatic hydroxyl groups excluding tert-OH is 1. The summed E-state index contributed by atoms with van der Waals surface area (Å²) in [7, 11) is 1.72. The van der Waals surface area contributed by atoms with Crippen molar-refractivity contribution in [2.45, 2.75) is 58.2 Å². The van der Waals surface area contributed by atoms with Gasteiger partial charge in [-0.25, -0.2) is 4.98 Å². The fourth-order valence-electron chi connectivity index (χ4n) is 4.84. The number of pyridine rings is 1. The summed E-state index contributed by atoms with van der Waals surface area (Å²) in [6.07, 6.45) is 3.60. The van der Waals surface area contributed by atoms with E-state index >= 15 is 0 Å². The summed E-state index contributed by atoms with van der Waals surface area (Å²) in [5, 5.41) is 20.7. The van der Waals surface area contributed by atoms with Crippen molar-refractivity contribution in [1.29, 1.82) is 0 Å². The van der Waals surface area contributed by atoms with Crippen LogP contribution in [0.15, 0.2) is 78.4 Å². The molecule has 2 atom stereocenters. The second kappa shape index (κ2) is 14.5. The topological polar surface area (TPSA) is 107 Å². The van der Waals surface area contributed by atoms with E-state index in [1.807, 2.05) is 62.0 Å². The molecule has 0 aliphatic carbocycles. The number of aromatic nitrogens is 2. The average Bonchev–Trinajstić information content (AvgIpc) is 3.43. The van der Waals surface area contributed by atoms with Crippen molar-refractivity contribution in [3.63, 3.8) is 0 Å². The van der Waals surface area contributed by atoms with E-state index in [2.05, 4.69) is 40.5 Å². The lowest BCUT2D eigenvalue weighted by atomic mass is 9.85. The molecule has 4 aromatic rings. The maximum Gasteiger partial charge on any atom is 0.253 e. The highest BCUT2D eigenvalue weighted by molar-refractivity contribution is 7.09. The summed E-state index contributed by atoms with van der Waals surface area (Å²) in [6.45, 7) is 9.34. The van der Waals surface area contributed by atoms with Gasteiger partial charge in [0.1, 0.15) is 5.01 Å². The molecule has 0 unspecified atom stereocenters. The van der Waals surface area contributed by atoms with Crippen LogP contribution in [0.2, 0.25) is 0 Å². The van der Waals surface area contributed by atoms with Crippen LogP contribution in [0, 0.1) is 6.92 Å². The number of nitrogens with one attached hydrogen (secondary N) is 2. The monoisotopic (exact) mass is 599 g/mol. The summed E-state index contributed by atoms with van der Waals surface area (Å²) >= 11 is 1.51. The number of aliphatic hydroxyl groups is 1. The van der Waals surface area contributed by atoms with Crippen LogP contribution in [-0.2, 0) is 18.5 Å². The molecule has 2 aromatic heterocycles. The van der Waals surface area contributed by atoms with Crippen LogP contribution in [0.4, 0.5) is 0 Å². The molecule has 0 fully saturated rings. The Labute approximate surface area is 258 Å². The Morgan fingerprint density at radius 2 is 1.79 bits per heavy atom. The largest absolute Gasteiger partial charge is 0.389 e. The number of thiazole rings is 1. The van der Waals surface area contributed by atoms with Crippen LogP contribution in [0.3, 0.4) is 0 Å². The maximum atomic E-state index is 13.6. The van der Waals surface area contributed by atoms with Gasteiger partial charge in [0.25, 0.3) is 11.8 Å². The number of carbonyl (C=O) groups is 2. The summed E-state index contributed by atoms with van der Waals surface area (Å²) < 4.78 is 0. The Bertz CT molecular complexity index is 1520. The lowest BCUT2D eigenvalue weighted by Gasteiger charge is -2.36. The number of hydrogen-bond donors (Lipinski definition) is 3. The molecule has 2 heterocycles. The van der Waals surface area contributed by atoms with Crippen LogP contribution in [0.1, 0.15) is 74.8 Å². The van der Waals surface area contributed by atoms with Crippen molar-refractivity contribution in [2.75, 3.05) is 20.1 Å². The fourth-order valence-corrected chi connectivity index (χ4v) is 5.66. The SMILES string of the molecule is Cc1csc(CN(C)C(=O)c2cccc(C(=O)N[C@@](C)(c3ccccc3)[C@H](O)CNCCc3cncc(C(C)C)c3)c2)n1. The highest BCUT2D eigenvalue weighted by atomic mass is 32.1. The standard InChI is InChI=1S/C34H41N5O3S/c1-23(2)28-16-25(18-36-19-28)14-15-35-20-30(40)34(4,29-12-7-6-8-13-29)38-32(41)26-10-9-11-27(17-26)33(42)39(5)21-31-37-24(3)22-43-31/h6-13,16-19,22-23,30,35,40H,14-15,20-21H2,1-5H3,(H,38,41)/t30-,34+/m1/s1. The van der Waals surface area contributed by atoms with E-state index in [4.69, 9.17) is 0 Å². The Balaban J connectivity index is 1.44. The summed E-state index contributed by atoms with van der Waals surface area (Å²) in [4.78, 5) is 37.1. The summed E-state index contributed by atoms with van der Waals surface area (Å²) in [6, 6.07) is 18.3. The Morgan fingerprint density at radius 3 is 2.49 bits per heavy atom. The third kappa shape index (κ3) is 8.34. The molecule has 9 heteroatoms. The molecular weight excluding hydrogens is 558 g/mol. The zero-order valence-electron chi connectivity index (χ0n) is 25.5. The van der Waals surface area contributed by atoms with E-state index in [0.717, 1.165) is 28.2 Å². The van der Waals surface area contributed by atoms with Crippen molar-refractivity contribution in [3.8, 4) is 0 Å². The van der Waals surface area contributed by atoms with Crippen molar-refractivity contribution in [1.82, 2.24) is 25.5 Å². The third-order valence-electron chi connectivity index (χ3n) is 7.58. The van der Waals surface area contributed by atoms with Gasteiger partial charge in [-0.1, -0.05) is 56.3 Å². The number of rotatable bonds is 13. The highest BCUT2D eigenvalue weighted by Gasteiger charge is 2.36. The summed E-state index contributed by atoms with van der Waals surface area (Å²) in [5.74, 6) is -0.175. The summed E-state index contributed by atoms with van der Waals surface area (Å²) in [5.41, 5.74) is 3.68. The van der Waals surface area contributed by atoms with E-state index in [0.29, 0.717) is 30.1 Å². The van der Waals surface area contributed by atoms with Crippen LogP contribution >= 0.6 is 11.3 Å². The number of carbonyl (C=O) groups excluding carboxylic acids is 2. The van der Waals surface area contributed by atoms with Crippen molar-refractivity contribution >= 4 is 23.2 Å². The minimum absolute atomic E-state index is 0.202. The molecule has 43 heavy (non-hydrogen) atoms. The van der Waals surface area contributed by atoms with Gasteiger partial charge in [0.15, 0.2) is 0 Å². The van der Waals surface area contributed by atoms with E-state index in [1.165, 1.54) is 16.9 Å². The molecule has 0 radical (unpaired) electrons. The minimum Gasteiger partial charge on any atom is -0.389 e. The Hall–Kier alpha value is -3.92. The van der Waals surface area contributed by atoms with Crippen LogP contribution < -0.4 is 10.6 Å².